The van der Waals surface area contributed by atoms with Gasteiger partial charge in [0, 0.05) is 81.6 Å². The van der Waals surface area contributed by atoms with E-state index in [0.29, 0.717) is 212 Å². The summed E-state index contributed by atoms with van der Waals surface area (Å²) in [6, 6.07) is 62.3. The SMILES string of the molecule is NCCCOc1cc2c(OCCCN)cc1c(=O)[nH]c1ccc(cc1)c1cc(OCCCN)c(cc1OCCCN)c(=O)[nH]c1ccccc1c1cc(OCCCN)c(cc1OCCCN)c(=O)[nH]c1ccc(cc1)c1cc(OCCCN)c(cc1OCCCN)c(=O)[nH]c1ccccc1c1cc(OCCCN)c(cc1OCCCN)c(=O)[nH]c1ccc(cc1)c1cc(OCCCN)c(cc1OCCCN)c(=O)[nH]c1ccccc12. The van der Waals surface area contributed by atoms with Gasteiger partial charge in [0.15, 0.2) is 0 Å². The molecule has 17 aromatic heterocycles. The maximum atomic E-state index is 15.5. The Labute approximate surface area is 865 Å². The van der Waals surface area contributed by atoms with Gasteiger partial charge < -0.3 is 156 Å². The van der Waals surface area contributed by atoms with Crippen molar-refractivity contribution in [2.75, 3.05) is 158 Å². The second-order valence-corrected chi connectivity index (χ2v) is 35.0. The molecule has 792 valence electrons. The molecule has 0 amide bonds. The number of rotatable bonds is 48. The number of ether oxygens (including phenoxy) is 12. The number of H-pyrrole nitrogens is 6. The summed E-state index contributed by atoms with van der Waals surface area (Å²) in [6.07, 6.45) is 5.22. The molecule has 18 bridgehead atoms. The summed E-state index contributed by atoms with van der Waals surface area (Å²) in [4.78, 5) is 111. The predicted molar refractivity (Wildman–Crippen MR) is 602 cm³/mol. The van der Waals surface area contributed by atoms with Crippen LogP contribution in [0.2, 0.25) is 0 Å². The predicted octanol–water partition coefficient (Wildman–Crippen LogP) is 12.8. The maximum absolute atomic E-state index is 15.5. The molecule has 29 rings (SSSR count). The van der Waals surface area contributed by atoms with Gasteiger partial charge in [-0.1, -0.05) is 91.0 Å². The fourth-order valence-corrected chi connectivity index (χ4v) is 16.2. The Kier molecular flexibility index (Phi) is 43.5. The Bertz CT molecular complexity index is 7110. The number of aromatic amines is 6. The highest BCUT2D eigenvalue weighted by Crippen LogP contribution is 2.41. The highest BCUT2D eigenvalue weighted by molar-refractivity contribution is 6.04. The van der Waals surface area contributed by atoms with Gasteiger partial charge in [0.2, 0.25) is 0 Å². The number of nitrogens with one attached hydrogen (secondary N) is 6. The van der Waals surface area contributed by atoms with Crippen molar-refractivity contribution in [3.63, 3.8) is 0 Å². The first kappa shape index (κ1) is 112. The molecule has 0 atom stereocenters. The number of aromatic nitrogens is 6. The molecular formula is C114H138N18O18. The zero-order chi connectivity index (χ0) is 106. The van der Waals surface area contributed by atoms with Crippen LogP contribution >= 0.6 is 0 Å². The second kappa shape index (κ2) is 58.4. The van der Waals surface area contributed by atoms with E-state index in [9.17, 15) is 0 Å². The van der Waals surface area contributed by atoms with Crippen molar-refractivity contribution in [3.8, 4) is 69.0 Å². The zero-order valence-corrected chi connectivity index (χ0v) is 84.5. The van der Waals surface area contributed by atoms with Gasteiger partial charge in [0.1, 0.15) is 69.0 Å². The molecule has 0 unspecified atom stereocenters. The molecule has 0 aliphatic heterocycles. The van der Waals surface area contributed by atoms with Crippen LogP contribution in [0.15, 0.2) is 247 Å². The maximum Gasteiger partial charge on any atom is 0.259 e. The first-order valence-electron chi connectivity index (χ1n) is 50.9. The van der Waals surface area contributed by atoms with E-state index in [1.807, 2.05) is 0 Å². The molecule has 36 heteroatoms. The lowest BCUT2D eigenvalue weighted by Gasteiger charge is -2.13. The normalized spacial score (nSPS) is 11.1. The van der Waals surface area contributed by atoms with Crippen LogP contribution in [0.25, 0.3) is 130 Å². The number of fused-ring (bicyclic) bond motifs is 3. The average Bonchev–Trinajstić information content (AvgIpc) is 0.776. The number of para-hydroxylation sites is 3. The molecule has 0 radical (unpaired) electrons. The monoisotopic (exact) mass is 2050 g/mol. The van der Waals surface area contributed by atoms with Crippen molar-refractivity contribution < 1.29 is 56.8 Å². The molecule has 30 N–H and O–H groups in total. The minimum absolute atomic E-state index is 0.0981. The molecule has 0 spiro atoms. The van der Waals surface area contributed by atoms with Crippen LogP contribution in [0.3, 0.4) is 0 Å². The van der Waals surface area contributed by atoms with E-state index in [4.69, 9.17) is 126 Å². The lowest BCUT2D eigenvalue weighted by molar-refractivity contribution is 0.310. The highest BCUT2D eigenvalue weighted by atomic mass is 16.5. The van der Waals surface area contributed by atoms with Crippen molar-refractivity contribution in [1.29, 1.82) is 0 Å². The van der Waals surface area contributed by atoms with Crippen LogP contribution in [0.5, 0.6) is 69.0 Å². The van der Waals surface area contributed by atoms with Gasteiger partial charge in [0.25, 0.3) is 33.4 Å². The van der Waals surface area contributed by atoms with E-state index in [1.54, 1.807) is 218 Å². The molecule has 150 heavy (non-hydrogen) atoms. The van der Waals surface area contributed by atoms with Crippen molar-refractivity contribution in [1.82, 2.24) is 29.9 Å². The minimum Gasteiger partial charge on any atom is -0.493 e. The van der Waals surface area contributed by atoms with E-state index in [2.05, 4.69) is 29.9 Å². The molecular weight excluding hydrogens is 1910 g/mol. The van der Waals surface area contributed by atoms with Crippen molar-refractivity contribution in [2.45, 2.75) is 77.0 Å². The Morgan fingerprint density at radius 1 is 0.153 bits per heavy atom. The molecule has 36 nitrogen and oxygen atoms in total. The van der Waals surface area contributed by atoms with E-state index < -0.39 is 33.4 Å². The van der Waals surface area contributed by atoms with Crippen molar-refractivity contribution >= 4 is 130 Å². The lowest BCUT2D eigenvalue weighted by atomic mass is 10.1. The first-order chi connectivity index (χ1) is 73.4. The van der Waals surface area contributed by atoms with Crippen LogP contribution in [0, 0.1) is 0 Å². The van der Waals surface area contributed by atoms with Crippen molar-refractivity contribution in [2.24, 2.45) is 68.8 Å². The fourth-order valence-electron chi connectivity index (χ4n) is 16.2. The van der Waals surface area contributed by atoms with Crippen LogP contribution < -0.4 is 159 Å². The van der Waals surface area contributed by atoms with Crippen LogP contribution in [0.1, 0.15) is 77.0 Å². The van der Waals surface area contributed by atoms with Gasteiger partial charge in [-0.2, -0.15) is 0 Å². The van der Waals surface area contributed by atoms with Gasteiger partial charge in [-0.25, -0.2) is 0 Å². The third-order valence-electron chi connectivity index (χ3n) is 24.0. The first-order valence-corrected chi connectivity index (χ1v) is 50.9. The molecule has 29 aromatic rings. The van der Waals surface area contributed by atoms with Crippen LogP contribution in [-0.4, -0.2) is 188 Å². The van der Waals surface area contributed by atoms with E-state index in [1.165, 1.54) is 0 Å². The molecule has 0 fully saturated rings. The highest BCUT2D eigenvalue weighted by Gasteiger charge is 2.21. The fraction of sp³-hybridized carbons (Fsp3) is 0.316. The summed E-state index contributed by atoms with van der Waals surface area (Å²) in [5.41, 5.74) is 71.6. The van der Waals surface area contributed by atoms with Gasteiger partial charge in [0.05, 0.1) is 112 Å². The summed E-state index contributed by atoms with van der Waals surface area (Å²) < 4.78 is 78.4. The van der Waals surface area contributed by atoms with Gasteiger partial charge in [-0.05, 0) is 299 Å². The lowest BCUT2D eigenvalue weighted by Crippen LogP contribution is -2.11. The number of hydrogen-bond donors (Lipinski definition) is 18. The van der Waals surface area contributed by atoms with Gasteiger partial charge >= 0.3 is 0 Å². The molecule has 12 aromatic carbocycles. The third kappa shape index (κ3) is 30.2. The molecule has 0 aliphatic rings. The zero-order valence-electron chi connectivity index (χ0n) is 84.5. The summed E-state index contributed by atoms with van der Waals surface area (Å²) in [5.74, 6) is 2.76. The number of hydrogen-bond acceptors (Lipinski definition) is 30. The third-order valence-corrected chi connectivity index (χ3v) is 24.0. The molecule has 0 saturated heterocycles. The summed E-state index contributed by atoms with van der Waals surface area (Å²) in [7, 11) is 0. The Morgan fingerprint density at radius 3 is 0.467 bits per heavy atom. The largest absolute Gasteiger partial charge is 0.493 e. The molecule has 0 aliphatic carbocycles. The van der Waals surface area contributed by atoms with E-state index in [-0.39, 0.29) is 222 Å². The summed E-state index contributed by atoms with van der Waals surface area (Å²) >= 11 is 0. The minimum atomic E-state index is -0.589. The van der Waals surface area contributed by atoms with Gasteiger partial charge in [-0.15, -0.1) is 0 Å². The molecule has 0 saturated carbocycles. The second-order valence-electron chi connectivity index (χ2n) is 35.0. The summed E-state index contributed by atoms with van der Waals surface area (Å²) in [6.45, 7) is 5.03. The molecule has 17 heterocycles. The topological polar surface area (TPSA) is 620 Å². The average molecular weight is 2050 g/mol. The number of nitrogens with two attached hydrogens (primary N) is 12. The quantitative estimate of drug-likeness (QED) is 0.0157. The van der Waals surface area contributed by atoms with E-state index >= 15 is 28.8 Å². The standard InChI is InChI=1S/C114H138N18O18/c115-37-7-49-139-97-67-91-103(145-55-13-43-121)61-82(97)73-27-33-77(34-28-73)128-110(134)89-71-101(143-53-11-41-119)86(65-107(89)149-59-17-47-125)80-20-3-6-24-96(80)132-114(138)93-69-99(141-51-9-39-117)84(63-105(93)147-57-15-45-123)75-29-35-78(36-30-75)129-111(135)90-72-102(144-54-12-42-120)87(66-108(90)150-60-18-48-126)81-21-2-5-23-95(81)131-113(137)92-68-98(140-50-8-38-116)83(62-104(92)146-56-14-44-122)74-25-31-76(32-26-74)127-109(133)88-70-100(142-52-10-40-118)85(64-106(88)148-58-16-46-124)79-19-1-4-22-94(79)130-112(91)136/h1-6,19-36,61-72H,7-18,37-60,115-126H2,(H,127,133)(H,128,134)(H,129,135)(H,130,136)(H,131,137)(H,132,138). The van der Waals surface area contributed by atoms with E-state index in [0.717, 1.165) is 0 Å². The smallest absolute Gasteiger partial charge is 0.259 e. The summed E-state index contributed by atoms with van der Waals surface area (Å²) in [5, 5.41) is 6.79. The number of benzene rings is 12. The van der Waals surface area contributed by atoms with Crippen LogP contribution in [-0.2, 0) is 0 Å². The van der Waals surface area contributed by atoms with Gasteiger partial charge in [-0.3, -0.25) is 28.8 Å². The van der Waals surface area contributed by atoms with Crippen molar-refractivity contribution in [3.05, 3.63) is 281 Å². The Hall–Kier alpha value is -15.4. The van der Waals surface area contributed by atoms with Crippen LogP contribution in [0.4, 0.5) is 0 Å². The Balaban J connectivity index is 1.12. The Morgan fingerprint density at radius 2 is 0.293 bits per heavy atom.